The van der Waals surface area contributed by atoms with Crippen molar-refractivity contribution < 1.29 is 71.2 Å². The lowest BCUT2D eigenvalue weighted by Gasteiger charge is -2.35. The molecule has 0 saturated carbocycles. The second-order valence-electron chi connectivity index (χ2n) is 27.3. The second kappa shape index (κ2) is 40.1. The topological polar surface area (TPSA) is 219 Å². The van der Waals surface area contributed by atoms with Crippen LogP contribution in [0.4, 0.5) is 14.4 Å². The molecule has 3 amide bonds. The number of hydrogen-bond donors (Lipinski definition) is 3. The molecule has 3 N–H and O–H groups in total. The third kappa shape index (κ3) is 20.8. The van der Waals surface area contributed by atoms with E-state index in [-0.39, 0.29) is 30.8 Å². The number of nitrogens with zero attached hydrogens (tertiary/aromatic N) is 3. The Hall–Kier alpha value is -10.3. The largest absolute Gasteiger partial charge is 0.491 e. The number of rotatable bonds is 28. The van der Waals surface area contributed by atoms with Crippen molar-refractivity contribution in [3.05, 3.63) is 288 Å². The molecule has 6 heterocycles. The molecular weight excluding hydrogens is 1530 g/mol. The normalized spacial score (nSPS) is 14.9. The minimum atomic E-state index is -0.437. The third-order valence-electron chi connectivity index (χ3n) is 19.8. The minimum absolute atomic E-state index is 0.220. The number of nitrogens with one attached hydrogen (secondary N) is 3. The molecule has 0 fully saturated rings. The number of methoxy groups -OCH3 is 3. The summed E-state index contributed by atoms with van der Waals surface area (Å²) < 4.78 is 66.1. The van der Waals surface area contributed by atoms with E-state index >= 15 is 0 Å². The Balaban J connectivity index is 0.000000149. The van der Waals surface area contributed by atoms with Gasteiger partial charge in [-0.3, -0.25) is 14.7 Å². The molecule has 0 bridgehead atoms. The number of aromatic nitrogens is 3. The van der Waals surface area contributed by atoms with Crippen molar-refractivity contribution >= 4 is 97.4 Å². The Bertz CT molecular complexity index is 4930. The van der Waals surface area contributed by atoms with Crippen LogP contribution in [0.15, 0.2) is 206 Å². The average Bonchev–Trinajstić information content (AvgIpc) is 1.60. The van der Waals surface area contributed by atoms with Gasteiger partial charge in [0.2, 0.25) is 0 Å². The smallest absolute Gasteiger partial charge is 0.416 e. The molecule has 3 unspecified atom stereocenters. The Kier molecular flexibility index (Phi) is 28.8. The first kappa shape index (κ1) is 81.7. The molecule has 0 spiro atoms. The van der Waals surface area contributed by atoms with Crippen LogP contribution in [0, 0.1) is 6.92 Å². The van der Waals surface area contributed by atoms with Gasteiger partial charge in [-0.25, -0.2) is 14.4 Å². The number of carbonyl (C=O) groups is 3. The molecule has 114 heavy (non-hydrogen) atoms. The number of aromatic amines is 3. The van der Waals surface area contributed by atoms with Gasteiger partial charge in [-0.2, -0.15) is 0 Å². The number of ether oxygens (including phenoxy) is 12. The quantitative estimate of drug-likeness (QED) is 0.0388. The van der Waals surface area contributed by atoms with Crippen molar-refractivity contribution in [1.29, 1.82) is 0 Å². The fourth-order valence-corrected chi connectivity index (χ4v) is 14.9. The number of amides is 3. The van der Waals surface area contributed by atoms with Crippen LogP contribution in [0.3, 0.4) is 0 Å². The van der Waals surface area contributed by atoms with E-state index in [1.54, 1.807) is 60.3 Å². The number of aryl methyl sites for hydroxylation is 1. The molecule has 0 radical (unpaired) electrons. The highest BCUT2D eigenvalue weighted by molar-refractivity contribution is 6.32. The van der Waals surface area contributed by atoms with E-state index in [1.807, 2.05) is 189 Å². The van der Waals surface area contributed by atoms with Gasteiger partial charge in [0.1, 0.15) is 73.3 Å². The Morgan fingerprint density at radius 3 is 1.03 bits per heavy atom. The molecule has 0 aliphatic carbocycles. The standard InChI is InChI=1S/2C30H31ClN2O5.C29H28Cl2N2O5/c1-20-3-8-24(9-4-20)38-30(34)33-14-13-25-26-19-22(31)7-12-27(26)32-28(25)29(33)21-5-10-23(11-6-21)37-18-17-36-16-15-35-2;1-35-15-16-36-17-18-37-24-10-7-22(8-11-24)29-28-25(26-19-23(31)9-12-27(26)32-28)13-14-33(29)30(34)38-20-21-5-3-2-4-6-21;1-35-14-15-36-16-17-37-22-7-2-19(3-8-22)28-27-24(25-18-21(31)6-11-26(25)32-27)12-13-33(28)29(34)38-23-9-4-20(30)5-10-23/h3-12,19,29,32H,13-18H2,1-2H3;2-12,19,29,32H,13-18,20H2,1H3;2-11,18,28,32H,12-17H2,1H3. The zero-order chi connectivity index (χ0) is 79.3. The third-order valence-corrected chi connectivity index (χ3v) is 20.7. The lowest BCUT2D eigenvalue weighted by Crippen LogP contribution is -2.42. The predicted molar refractivity (Wildman–Crippen MR) is 442 cm³/mol. The van der Waals surface area contributed by atoms with E-state index in [9.17, 15) is 14.4 Å². The van der Waals surface area contributed by atoms with Crippen LogP contribution in [0.2, 0.25) is 20.1 Å². The van der Waals surface area contributed by atoms with Crippen LogP contribution >= 0.6 is 46.4 Å². The van der Waals surface area contributed by atoms with Crippen molar-refractivity contribution in [2.45, 2.75) is 50.9 Å². The summed E-state index contributed by atoms with van der Waals surface area (Å²) in [4.78, 5) is 56.2. The monoisotopic (exact) mass is 1620 g/mol. The lowest BCUT2D eigenvalue weighted by atomic mass is 9.92. The molecule has 3 atom stereocenters. The maximum absolute atomic E-state index is 13.5. The SMILES string of the molecule is COCCOCCOc1ccc(C2c3[nH]c4ccc(Cl)cc4c3CCN2C(=O)OCc2ccccc2)cc1.COCCOCCOc1ccc(C2c3[nH]c4ccc(Cl)cc4c3CCN2C(=O)Oc2ccc(C)cc2)cc1.COCCOCCOc1ccc(C2c3[nH]c4ccc(Cl)cc4c3CCN2C(=O)Oc2ccc(Cl)cc2)cc1. The zero-order valence-corrected chi connectivity index (χ0v) is 66.8. The van der Waals surface area contributed by atoms with Crippen LogP contribution in [-0.4, -0.2) is 168 Å². The molecule has 3 aliphatic heterocycles. The highest BCUT2D eigenvalue weighted by Crippen LogP contribution is 2.44. The minimum Gasteiger partial charge on any atom is -0.491 e. The maximum atomic E-state index is 13.5. The van der Waals surface area contributed by atoms with Gasteiger partial charge < -0.3 is 71.8 Å². The summed E-state index contributed by atoms with van der Waals surface area (Å²) in [6.07, 6.45) is 0.889. The fourth-order valence-electron chi connectivity index (χ4n) is 14.3. The average molecular weight is 1630 g/mol. The maximum Gasteiger partial charge on any atom is 0.416 e. The number of fused-ring (bicyclic) bond motifs is 9. The Morgan fingerprint density at radius 1 is 0.360 bits per heavy atom. The van der Waals surface area contributed by atoms with Crippen molar-refractivity contribution in [2.24, 2.45) is 0 Å². The number of benzene rings is 9. The van der Waals surface area contributed by atoms with E-state index < -0.39 is 12.2 Å². The van der Waals surface area contributed by atoms with Crippen LogP contribution in [-0.2, 0) is 59.0 Å². The summed E-state index contributed by atoms with van der Waals surface area (Å²) in [6, 6.07) is 63.8. The molecule has 3 aliphatic rings. The van der Waals surface area contributed by atoms with E-state index in [0.29, 0.717) is 150 Å². The number of hydrogen-bond acceptors (Lipinski definition) is 15. The van der Waals surface area contributed by atoms with Gasteiger partial charge in [0.15, 0.2) is 0 Å². The molecule has 0 saturated heterocycles. The summed E-state index contributed by atoms with van der Waals surface area (Å²) in [5, 5.41) is 5.86. The van der Waals surface area contributed by atoms with E-state index in [2.05, 4.69) is 15.0 Å². The van der Waals surface area contributed by atoms with Gasteiger partial charge in [0.25, 0.3) is 0 Å². The predicted octanol–water partition coefficient (Wildman–Crippen LogP) is 19.1. The number of halogens is 4. The molecular formula is C89H90Cl4N6O15. The van der Waals surface area contributed by atoms with Crippen molar-refractivity contribution in [1.82, 2.24) is 29.7 Å². The molecule has 25 heteroatoms. The van der Waals surface area contributed by atoms with E-state index in [0.717, 1.165) is 100 Å². The first-order valence-corrected chi connectivity index (χ1v) is 39.3. The van der Waals surface area contributed by atoms with Gasteiger partial charge in [-0.15, -0.1) is 0 Å². The summed E-state index contributed by atoms with van der Waals surface area (Å²) in [7, 11) is 4.93. The van der Waals surface area contributed by atoms with Gasteiger partial charge >= 0.3 is 18.3 Å². The molecule has 12 aromatic rings. The first-order chi connectivity index (χ1) is 55.7. The Morgan fingerprint density at radius 2 is 0.675 bits per heavy atom. The highest BCUT2D eigenvalue weighted by Gasteiger charge is 2.39. The van der Waals surface area contributed by atoms with Crippen LogP contribution in [0.5, 0.6) is 28.7 Å². The number of carbonyl (C=O) groups excluding carboxylic acids is 3. The van der Waals surface area contributed by atoms with E-state index in [1.165, 1.54) is 11.1 Å². The van der Waals surface area contributed by atoms with Crippen molar-refractivity contribution in [3.8, 4) is 28.7 Å². The van der Waals surface area contributed by atoms with Crippen molar-refractivity contribution in [3.63, 3.8) is 0 Å². The zero-order valence-electron chi connectivity index (χ0n) is 63.8. The van der Waals surface area contributed by atoms with Crippen molar-refractivity contribution in [2.75, 3.05) is 120 Å². The summed E-state index contributed by atoms with van der Waals surface area (Å²) in [5.41, 5.74) is 14.2. The fraction of sp³-hybridized carbons (Fsp3) is 0.292. The Labute approximate surface area is 681 Å². The van der Waals surface area contributed by atoms with E-state index in [4.69, 9.17) is 103 Å². The molecule has 21 nitrogen and oxygen atoms in total. The summed E-state index contributed by atoms with van der Waals surface area (Å²) in [6.45, 7) is 9.75. The van der Waals surface area contributed by atoms with Gasteiger partial charge in [0, 0.05) is 111 Å². The van der Waals surface area contributed by atoms with Gasteiger partial charge in [-0.1, -0.05) is 131 Å². The van der Waals surface area contributed by atoms with Gasteiger partial charge in [-0.05, 0) is 193 Å². The summed E-state index contributed by atoms with van der Waals surface area (Å²) >= 11 is 24.9. The summed E-state index contributed by atoms with van der Waals surface area (Å²) in [5.74, 6) is 3.15. The molecule has 15 rings (SSSR count). The molecule has 3 aromatic heterocycles. The molecule has 9 aromatic carbocycles. The van der Waals surface area contributed by atoms with Crippen LogP contribution in [0.1, 0.15) is 79.7 Å². The van der Waals surface area contributed by atoms with Crippen LogP contribution < -0.4 is 23.7 Å². The highest BCUT2D eigenvalue weighted by atomic mass is 35.5. The second-order valence-corrected chi connectivity index (χ2v) is 29.0. The molecule has 594 valence electrons. The lowest BCUT2D eigenvalue weighted by molar-refractivity contribution is 0.0544. The first-order valence-electron chi connectivity index (χ1n) is 37.8. The van der Waals surface area contributed by atoms with Crippen LogP contribution in [0.25, 0.3) is 32.7 Å². The number of H-pyrrole nitrogens is 3. The van der Waals surface area contributed by atoms with Gasteiger partial charge in [0.05, 0.1) is 59.5 Å².